The highest BCUT2D eigenvalue weighted by atomic mass is 35.5. The van der Waals surface area contributed by atoms with E-state index in [1.54, 1.807) is 6.07 Å². The third kappa shape index (κ3) is 6.03. The van der Waals surface area contributed by atoms with E-state index in [1.165, 1.54) is 19.3 Å². The van der Waals surface area contributed by atoms with Crippen LogP contribution in [0.5, 0.6) is 0 Å². The molecule has 1 aliphatic rings. The van der Waals surface area contributed by atoms with Crippen LogP contribution in [0.4, 0.5) is 0 Å². The molecule has 4 rings (SSSR count). The van der Waals surface area contributed by atoms with Gasteiger partial charge in [0.15, 0.2) is 5.43 Å². The van der Waals surface area contributed by atoms with Crippen LogP contribution < -0.4 is 10.7 Å². The van der Waals surface area contributed by atoms with E-state index in [0.29, 0.717) is 11.4 Å². The van der Waals surface area contributed by atoms with Crippen LogP contribution >= 0.6 is 11.6 Å². The van der Waals surface area contributed by atoms with Crippen molar-refractivity contribution < 1.29 is 4.79 Å². The van der Waals surface area contributed by atoms with Crippen molar-refractivity contribution in [1.82, 2.24) is 14.8 Å². The summed E-state index contributed by atoms with van der Waals surface area (Å²) in [6, 6.07) is 18.4. The number of nitrogens with zero attached hydrogens (tertiary/aromatic N) is 2. The average molecular weight is 492 g/mol. The van der Waals surface area contributed by atoms with E-state index in [9.17, 15) is 9.59 Å². The maximum atomic E-state index is 13.7. The Morgan fingerprint density at radius 3 is 2.29 bits per heavy atom. The second-order valence-corrected chi connectivity index (χ2v) is 9.68. The van der Waals surface area contributed by atoms with Crippen LogP contribution in [0.3, 0.4) is 0 Å². The molecule has 1 fully saturated rings. The summed E-state index contributed by atoms with van der Waals surface area (Å²) >= 11 is 6.11. The Kier molecular flexibility index (Phi) is 8.42. The molecule has 1 N–H and O–H groups in total. The van der Waals surface area contributed by atoms with Crippen LogP contribution in [-0.2, 0) is 13.0 Å². The summed E-state index contributed by atoms with van der Waals surface area (Å²) in [5.74, 6) is -0.345. The fourth-order valence-electron chi connectivity index (χ4n) is 5.04. The lowest BCUT2D eigenvalue weighted by Crippen LogP contribution is -2.37. The van der Waals surface area contributed by atoms with E-state index in [2.05, 4.69) is 14.8 Å². The van der Waals surface area contributed by atoms with Crippen LogP contribution in [0.25, 0.3) is 0 Å². The van der Waals surface area contributed by atoms with Crippen molar-refractivity contribution >= 4 is 17.5 Å². The summed E-state index contributed by atoms with van der Waals surface area (Å²) in [4.78, 5) is 29.3. The van der Waals surface area contributed by atoms with Gasteiger partial charge in [-0.25, -0.2) is 0 Å². The number of benzene rings is 2. The number of halogens is 1. The number of nitrogens with one attached hydrogen (secondary N) is 1. The van der Waals surface area contributed by atoms with E-state index in [4.69, 9.17) is 11.6 Å². The zero-order valence-corrected chi connectivity index (χ0v) is 21.4. The summed E-state index contributed by atoms with van der Waals surface area (Å²) < 4.78 is 2.16. The summed E-state index contributed by atoms with van der Waals surface area (Å²) in [7, 11) is 0. The number of piperidine rings is 1. The monoisotopic (exact) mass is 491 g/mol. The van der Waals surface area contributed by atoms with Crippen LogP contribution in [0.1, 0.15) is 65.1 Å². The van der Waals surface area contributed by atoms with Crippen molar-refractivity contribution in [3.63, 3.8) is 0 Å². The first-order valence-electron chi connectivity index (χ1n) is 12.5. The van der Waals surface area contributed by atoms with Gasteiger partial charge in [-0.05, 0) is 62.5 Å². The fourth-order valence-corrected chi connectivity index (χ4v) is 5.17. The molecule has 0 saturated carbocycles. The van der Waals surface area contributed by atoms with Gasteiger partial charge in [0.05, 0.1) is 6.04 Å². The fraction of sp³-hybridized carbons (Fsp3) is 0.379. The predicted octanol–water partition coefficient (Wildman–Crippen LogP) is 5.38. The second-order valence-electron chi connectivity index (χ2n) is 9.25. The van der Waals surface area contributed by atoms with Gasteiger partial charge in [0.25, 0.3) is 5.91 Å². The first kappa shape index (κ1) is 25.2. The van der Waals surface area contributed by atoms with Gasteiger partial charge in [0, 0.05) is 35.6 Å². The SMILES string of the molecule is CCc1c(C(=O)NC(c2ccccc2)c2ccc(Cl)cc2)c(=O)cc(C)n1CCN1CCCCC1. The normalized spacial score (nSPS) is 15.1. The van der Waals surface area contributed by atoms with Crippen LogP contribution in [0, 0.1) is 6.92 Å². The summed E-state index contributed by atoms with van der Waals surface area (Å²) in [5, 5.41) is 3.78. The molecule has 2 heterocycles. The van der Waals surface area contributed by atoms with Gasteiger partial charge in [-0.1, -0.05) is 67.4 Å². The second kappa shape index (κ2) is 11.7. The van der Waals surface area contributed by atoms with Crippen molar-refractivity contribution in [3.8, 4) is 0 Å². The molecule has 5 nitrogen and oxygen atoms in total. The van der Waals surface area contributed by atoms with Crippen molar-refractivity contribution in [2.24, 2.45) is 0 Å². The van der Waals surface area contributed by atoms with Gasteiger partial charge >= 0.3 is 0 Å². The maximum Gasteiger partial charge on any atom is 0.257 e. The largest absolute Gasteiger partial charge is 0.347 e. The van der Waals surface area contributed by atoms with Crippen molar-refractivity contribution in [2.75, 3.05) is 19.6 Å². The Bertz CT molecular complexity index is 1200. The lowest BCUT2D eigenvalue weighted by Gasteiger charge is -2.28. The molecule has 0 aliphatic carbocycles. The first-order valence-corrected chi connectivity index (χ1v) is 12.9. The minimum Gasteiger partial charge on any atom is -0.347 e. The zero-order valence-electron chi connectivity index (χ0n) is 20.6. The molecule has 1 amide bonds. The Morgan fingerprint density at radius 2 is 1.63 bits per heavy atom. The lowest BCUT2D eigenvalue weighted by molar-refractivity contribution is 0.0939. The molecule has 35 heavy (non-hydrogen) atoms. The summed E-state index contributed by atoms with van der Waals surface area (Å²) in [5.41, 5.74) is 3.56. The number of carbonyl (C=O) groups excluding carboxylic acids is 1. The number of carbonyl (C=O) groups is 1. The molecule has 1 aliphatic heterocycles. The molecular weight excluding hydrogens is 458 g/mol. The highest BCUT2D eigenvalue weighted by molar-refractivity contribution is 6.30. The van der Waals surface area contributed by atoms with E-state index in [1.807, 2.05) is 68.4 Å². The Balaban J connectivity index is 1.66. The first-order chi connectivity index (χ1) is 17.0. The van der Waals surface area contributed by atoms with E-state index >= 15 is 0 Å². The zero-order chi connectivity index (χ0) is 24.8. The number of aryl methyl sites for hydroxylation is 1. The van der Waals surface area contributed by atoms with Crippen molar-refractivity contribution in [1.29, 1.82) is 0 Å². The molecule has 6 heteroatoms. The minimum atomic E-state index is -0.395. The number of aromatic nitrogens is 1. The number of rotatable bonds is 8. The number of amides is 1. The summed E-state index contributed by atoms with van der Waals surface area (Å²) in [6.07, 6.45) is 4.39. The standard InChI is InChI=1S/C29H34ClN3O2/c1-3-25-27(26(34)20-21(2)33(25)19-18-32-16-8-5-9-17-32)29(35)31-28(22-10-6-4-7-11-22)23-12-14-24(30)15-13-23/h4,6-7,10-15,20,28H,3,5,8-9,16-19H2,1-2H3,(H,31,35). The number of hydrogen-bond acceptors (Lipinski definition) is 3. The molecule has 1 saturated heterocycles. The Labute approximate surface area is 212 Å². The molecule has 1 aromatic heterocycles. The van der Waals surface area contributed by atoms with E-state index < -0.39 is 6.04 Å². The minimum absolute atomic E-state index is 0.228. The van der Waals surface area contributed by atoms with E-state index in [0.717, 1.165) is 48.7 Å². The smallest absolute Gasteiger partial charge is 0.257 e. The molecule has 3 aromatic rings. The van der Waals surface area contributed by atoms with Gasteiger partial charge in [0.2, 0.25) is 0 Å². The van der Waals surface area contributed by atoms with Crippen molar-refractivity contribution in [3.05, 3.63) is 104 Å². The Hall–Kier alpha value is -2.89. The van der Waals surface area contributed by atoms with Crippen LogP contribution in [-0.4, -0.2) is 35.0 Å². The average Bonchev–Trinajstić information content (AvgIpc) is 2.88. The predicted molar refractivity (Wildman–Crippen MR) is 142 cm³/mol. The van der Waals surface area contributed by atoms with Gasteiger partial charge in [-0.3, -0.25) is 9.59 Å². The topological polar surface area (TPSA) is 54.3 Å². The Morgan fingerprint density at radius 1 is 0.971 bits per heavy atom. The van der Waals surface area contributed by atoms with Crippen molar-refractivity contribution in [2.45, 2.75) is 52.1 Å². The quantitative estimate of drug-likeness (QED) is 0.460. The molecule has 1 atom stereocenters. The third-order valence-corrected chi connectivity index (χ3v) is 7.14. The molecule has 2 aromatic carbocycles. The number of hydrogen-bond donors (Lipinski definition) is 1. The molecular formula is C29H34ClN3O2. The van der Waals surface area contributed by atoms with E-state index in [-0.39, 0.29) is 16.9 Å². The molecule has 0 spiro atoms. The highest BCUT2D eigenvalue weighted by Crippen LogP contribution is 2.24. The van der Waals surface area contributed by atoms with Gasteiger partial charge < -0.3 is 14.8 Å². The summed E-state index contributed by atoms with van der Waals surface area (Å²) in [6.45, 7) is 7.90. The number of likely N-dealkylation sites (tertiary alicyclic amines) is 1. The number of pyridine rings is 1. The maximum absolute atomic E-state index is 13.7. The lowest BCUT2D eigenvalue weighted by atomic mass is 9.98. The molecule has 0 bridgehead atoms. The molecule has 184 valence electrons. The van der Waals surface area contributed by atoms with Gasteiger partial charge in [-0.15, -0.1) is 0 Å². The van der Waals surface area contributed by atoms with Crippen LogP contribution in [0.2, 0.25) is 5.02 Å². The van der Waals surface area contributed by atoms with Crippen LogP contribution in [0.15, 0.2) is 65.5 Å². The van der Waals surface area contributed by atoms with Gasteiger partial charge in [0.1, 0.15) is 5.56 Å². The van der Waals surface area contributed by atoms with Gasteiger partial charge in [-0.2, -0.15) is 0 Å². The highest BCUT2D eigenvalue weighted by Gasteiger charge is 2.24. The molecule has 1 unspecified atom stereocenters. The third-order valence-electron chi connectivity index (χ3n) is 6.89. The molecule has 0 radical (unpaired) electrons.